The van der Waals surface area contributed by atoms with Gasteiger partial charge in [0.2, 0.25) is 0 Å². The first-order chi connectivity index (χ1) is 12.9. The van der Waals surface area contributed by atoms with E-state index in [2.05, 4.69) is 21.0 Å². The molecule has 1 saturated heterocycles. The summed E-state index contributed by atoms with van der Waals surface area (Å²) in [4.78, 5) is 35.8. The Morgan fingerprint density at radius 2 is 1.93 bits per heavy atom. The SMILES string of the molecule is O=C(O)COc1c(Cl)cc(C=NN2C(=O)[C@@H]3[C@H](C2=O)[C@H]2C=C[C@H]3C2)cc1Br. The lowest BCUT2D eigenvalue weighted by atomic mass is 9.85. The van der Waals surface area contributed by atoms with Crippen molar-refractivity contribution in [2.75, 3.05) is 6.61 Å². The van der Waals surface area contributed by atoms with E-state index in [0.717, 1.165) is 11.4 Å². The molecule has 3 aliphatic rings. The lowest BCUT2D eigenvalue weighted by Gasteiger charge is -2.13. The normalized spacial score (nSPS) is 28.4. The van der Waals surface area contributed by atoms with Gasteiger partial charge in [-0.3, -0.25) is 9.59 Å². The number of hydrogen-bond acceptors (Lipinski definition) is 5. The van der Waals surface area contributed by atoms with Crippen LogP contribution in [0.25, 0.3) is 0 Å². The highest BCUT2D eigenvalue weighted by atomic mass is 79.9. The fourth-order valence-electron chi connectivity index (χ4n) is 4.05. The lowest BCUT2D eigenvalue weighted by Crippen LogP contribution is -2.28. The maximum Gasteiger partial charge on any atom is 0.341 e. The number of hydrazone groups is 1. The van der Waals surface area contributed by atoms with E-state index >= 15 is 0 Å². The zero-order valence-corrected chi connectivity index (χ0v) is 16.2. The van der Waals surface area contributed by atoms with Gasteiger partial charge in [0.15, 0.2) is 12.4 Å². The number of nitrogens with zero attached hydrogens (tertiary/aromatic N) is 2. The van der Waals surface area contributed by atoms with Crippen molar-refractivity contribution in [3.05, 3.63) is 39.3 Å². The number of fused-ring (bicyclic) bond motifs is 5. The van der Waals surface area contributed by atoms with Crippen LogP contribution in [0.3, 0.4) is 0 Å². The van der Waals surface area contributed by atoms with Gasteiger partial charge in [-0.1, -0.05) is 23.8 Å². The fraction of sp³-hybridized carbons (Fsp3) is 0.333. The van der Waals surface area contributed by atoms with Gasteiger partial charge in [0.1, 0.15) is 0 Å². The molecule has 140 valence electrons. The minimum atomic E-state index is -1.12. The topological polar surface area (TPSA) is 96.3 Å². The van der Waals surface area contributed by atoms with Gasteiger partial charge in [0.05, 0.1) is 27.5 Å². The summed E-state index contributed by atoms with van der Waals surface area (Å²) >= 11 is 9.40. The number of halogens is 2. The predicted molar refractivity (Wildman–Crippen MR) is 99.4 cm³/mol. The molecular formula is C18H14BrClN2O5. The van der Waals surface area contributed by atoms with Crippen molar-refractivity contribution in [3.8, 4) is 5.75 Å². The smallest absolute Gasteiger partial charge is 0.341 e. The highest BCUT2D eigenvalue weighted by Crippen LogP contribution is 2.52. The summed E-state index contributed by atoms with van der Waals surface area (Å²) in [6.45, 7) is -0.526. The molecule has 7 nitrogen and oxygen atoms in total. The van der Waals surface area contributed by atoms with Crippen LogP contribution in [0.5, 0.6) is 5.75 Å². The van der Waals surface area contributed by atoms with Crippen LogP contribution in [-0.4, -0.2) is 40.7 Å². The van der Waals surface area contributed by atoms with Crippen molar-refractivity contribution in [2.24, 2.45) is 28.8 Å². The highest BCUT2D eigenvalue weighted by Gasteiger charge is 2.59. The number of aliphatic carboxylic acids is 1. The number of allylic oxidation sites excluding steroid dienone is 2. The van der Waals surface area contributed by atoms with Gasteiger partial charge in [-0.15, -0.1) is 0 Å². The third-order valence-electron chi connectivity index (χ3n) is 5.13. The first kappa shape index (κ1) is 18.2. The molecule has 1 heterocycles. The van der Waals surface area contributed by atoms with Crippen molar-refractivity contribution in [1.29, 1.82) is 0 Å². The average Bonchev–Trinajstić information content (AvgIpc) is 3.27. The first-order valence-corrected chi connectivity index (χ1v) is 9.47. The Balaban J connectivity index is 1.53. The molecule has 0 spiro atoms. The van der Waals surface area contributed by atoms with Crippen LogP contribution in [0, 0.1) is 23.7 Å². The number of hydrogen-bond donors (Lipinski definition) is 1. The fourth-order valence-corrected chi connectivity index (χ4v) is 5.04. The Kier molecular flexibility index (Phi) is 4.55. The minimum absolute atomic E-state index is 0.130. The Hall–Kier alpha value is -2.19. The molecule has 0 radical (unpaired) electrons. The number of ether oxygens (including phenoxy) is 1. The highest BCUT2D eigenvalue weighted by molar-refractivity contribution is 9.10. The summed E-state index contributed by atoms with van der Waals surface area (Å²) in [5.74, 6) is -1.78. The number of carboxylic acid groups (broad SMARTS) is 1. The van der Waals surface area contributed by atoms with E-state index in [1.165, 1.54) is 12.3 Å². The van der Waals surface area contributed by atoms with Crippen LogP contribution < -0.4 is 4.74 Å². The molecule has 1 aliphatic heterocycles. The molecule has 27 heavy (non-hydrogen) atoms. The zero-order valence-electron chi connectivity index (χ0n) is 13.8. The van der Waals surface area contributed by atoms with Crippen LogP contribution in [0.4, 0.5) is 0 Å². The third-order valence-corrected chi connectivity index (χ3v) is 6.00. The summed E-state index contributed by atoms with van der Waals surface area (Å²) in [5, 5.41) is 13.9. The van der Waals surface area contributed by atoms with Gasteiger partial charge in [-0.05, 0) is 51.9 Å². The molecule has 1 N–H and O–H groups in total. The molecular weight excluding hydrogens is 440 g/mol. The van der Waals surface area contributed by atoms with Gasteiger partial charge in [0, 0.05) is 0 Å². The van der Waals surface area contributed by atoms with E-state index in [1.54, 1.807) is 6.07 Å². The monoisotopic (exact) mass is 452 g/mol. The van der Waals surface area contributed by atoms with Crippen molar-refractivity contribution >= 4 is 51.5 Å². The Bertz CT molecular complexity index is 862. The van der Waals surface area contributed by atoms with Gasteiger partial charge >= 0.3 is 5.97 Å². The number of carbonyl (C=O) groups excluding carboxylic acids is 2. The number of benzene rings is 1. The summed E-state index contributed by atoms with van der Waals surface area (Å²) in [5.41, 5.74) is 0.535. The molecule has 4 rings (SSSR count). The van der Waals surface area contributed by atoms with E-state index in [9.17, 15) is 14.4 Å². The van der Waals surface area contributed by atoms with E-state index < -0.39 is 12.6 Å². The molecule has 1 saturated carbocycles. The van der Waals surface area contributed by atoms with E-state index in [1.807, 2.05) is 12.2 Å². The van der Waals surface area contributed by atoms with Crippen LogP contribution in [-0.2, 0) is 14.4 Å². The maximum absolute atomic E-state index is 12.6. The van der Waals surface area contributed by atoms with E-state index in [4.69, 9.17) is 21.4 Å². The lowest BCUT2D eigenvalue weighted by molar-refractivity contribution is -0.141. The van der Waals surface area contributed by atoms with E-state index in [0.29, 0.717) is 10.0 Å². The number of carboxylic acids is 1. The van der Waals surface area contributed by atoms with Crippen molar-refractivity contribution in [1.82, 2.24) is 5.01 Å². The van der Waals surface area contributed by atoms with Gasteiger partial charge < -0.3 is 9.84 Å². The summed E-state index contributed by atoms with van der Waals surface area (Å²) in [7, 11) is 0. The van der Waals surface area contributed by atoms with Gasteiger partial charge in [0.25, 0.3) is 11.8 Å². The zero-order chi connectivity index (χ0) is 19.3. The quantitative estimate of drug-likeness (QED) is 0.420. The molecule has 1 aromatic carbocycles. The number of rotatable bonds is 5. The first-order valence-electron chi connectivity index (χ1n) is 8.30. The van der Waals surface area contributed by atoms with Crippen LogP contribution in [0.15, 0.2) is 33.9 Å². The van der Waals surface area contributed by atoms with Crippen LogP contribution >= 0.6 is 27.5 Å². The van der Waals surface area contributed by atoms with Gasteiger partial charge in [-0.2, -0.15) is 10.1 Å². The molecule has 2 fully saturated rings. The summed E-state index contributed by atoms with van der Waals surface area (Å²) in [6.07, 6.45) is 6.29. The average molecular weight is 454 g/mol. The Morgan fingerprint density at radius 3 is 2.48 bits per heavy atom. The van der Waals surface area contributed by atoms with Crippen molar-refractivity contribution in [3.63, 3.8) is 0 Å². The molecule has 0 aromatic heterocycles. The second kappa shape index (κ2) is 6.76. The molecule has 2 amide bonds. The largest absolute Gasteiger partial charge is 0.479 e. The molecule has 2 aliphatic carbocycles. The predicted octanol–water partition coefficient (Wildman–Crippen LogP) is 2.71. The molecule has 2 bridgehead atoms. The van der Waals surface area contributed by atoms with Crippen LogP contribution in [0.1, 0.15) is 12.0 Å². The number of imide groups is 1. The van der Waals surface area contributed by atoms with E-state index in [-0.39, 0.29) is 46.3 Å². The maximum atomic E-state index is 12.6. The Morgan fingerprint density at radius 1 is 1.30 bits per heavy atom. The Labute approximate surface area is 167 Å². The number of amides is 2. The number of carbonyl (C=O) groups is 3. The second-order valence-electron chi connectivity index (χ2n) is 6.73. The third kappa shape index (κ3) is 3.06. The molecule has 1 aromatic rings. The molecule has 4 atom stereocenters. The van der Waals surface area contributed by atoms with Crippen molar-refractivity contribution in [2.45, 2.75) is 6.42 Å². The van der Waals surface area contributed by atoms with Crippen molar-refractivity contribution < 1.29 is 24.2 Å². The standard InChI is InChI=1S/C18H14BrClN2O5/c19-11-3-8(4-12(20)16(11)27-7-13(23)24)6-21-22-17(25)14-9-1-2-10(5-9)15(14)18(22)26/h1-4,6,9-10,14-15H,5,7H2,(H,23,24)/t9-,10-,14-,15+/m0/s1. The van der Waals surface area contributed by atoms with Gasteiger partial charge in [-0.25, -0.2) is 4.79 Å². The second-order valence-corrected chi connectivity index (χ2v) is 7.99. The summed E-state index contributed by atoms with van der Waals surface area (Å²) in [6, 6.07) is 3.13. The molecule has 9 heteroatoms. The minimum Gasteiger partial charge on any atom is -0.479 e. The summed E-state index contributed by atoms with van der Waals surface area (Å²) < 4.78 is 5.57. The van der Waals surface area contributed by atoms with Crippen LogP contribution in [0.2, 0.25) is 5.02 Å². The molecule has 0 unspecified atom stereocenters.